The maximum absolute atomic E-state index is 14.6. The number of nitrogens with one attached hydrogen (secondary N) is 9. The smallest absolute Gasteiger partial charge is 0.323 e. The van der Waals surface area contributed by atoms with Crippen molar-refractivity contribution < 1.29 is 63.3 Å². The molecule has 474 valence electrons. The maximum atomic E-state index is 14.6. The lowest BCUT2D eigenvalue weighted by molar-refractivity contribution is -0.146. The zero-order valence-corrected chi connectivity index (χ0v) is 49.3. The normalized spacial score (nSPS) is 14.9. The number of aliphatic carboxylic acids is 1. The van der Waals surface area contributed by atoms with E-state index in [1.54, 1.807) is 39.0 Å². The third-order valence-corrected chi connectivity index (χ3v) is 13.7. The number of aliphatic imine (C=N–C) groups is 2. The van der Waals surface area contributed by atoms with E-state index in [1.807, 2.05) is 24.3 Å². The molecule has 0 radical (unpaired) electrons. The van der Waals surface area contributed by atoms with Gasteiger partial charge in [-0.2, -0.15) is 0 Å². The molecule has 0 saturated carbocycles. The molecule has 1 unspecified atom stereocenters. The summed E-state index contributed by atoms with van der Waals surface area (Å²) in [4.78, 5) is 152. The molecule has 1 aromatic heterocycles. The number of imidazole rings is 1. The molecule has 31 heteroatoms. The van der Waals surface area contributed by atoms with Gasteiger partial charge in [-0.3, -0.25) is 57.9 Å². The van der Waals surface area contributed by atoms with E-state index >= 15 is 0 Å². The van der Waals surface area contributed by atoms with Gasteiger partial charge in [0.2, 0.25) is 53.2 Å². The standard InChI is InChI=1S/C55H86N18O13/c1-7-22-73(27-42(77)78)53(86)43(29(3)8-2)70-48(81)38(19-13-21-63-55(59)60)67-41(76)26-64-51(84)44(31(5)74)72-52(85)45(32(6)75)71-50(83)40(24-35-25-61-28-65-35)69-49(82)39(23-34-16-11-15-33-14-9-10-17-36(33)34)68-46(79)30(4)66-47(80)37(56)18-12-20-62-54(57)58/h9-11,14-17,25,28-32,37-40,43-45,74-75H,7-8,12-13,18-24,26-27,56H2,1-6H3,(H,61,65)(H,64,84)(H,66,80)(H,67,76)(H,68,79)(H,69,82)(H,70,81)(H,71,83)(H,72,85)(H,77,78)(H4,57,58,62)(H4,59,60,63)/t29?,30-,31+,32+,37-,38-,39-,40-,43-,44-,45-/m0/s1. The van der Waals surface area contributed by atoms with Gasteiger partial charge in [0, 0.05) is 44.4 Å². The summed E-state index contributed by atoms with van der Waals surface area (Å²) in [5, 5.41) is 52.7. The minimum absolute atomic E-state index is 0.0386. The molecule has 0 spiro atoms. The molecule has 0 aliphatic heterocycles. The van der Waals surface area contributed by atoms with Gasteiger partial charge in [-0.05, 0) is 75.1 Å². The van der Waals surface area contributed by atoms with Crippen LogP contribution in [0.5, 0.6) is 0 Å². The zero-order valence-electron chi connectivity index (χ0n) is 49.3. The zero-order chi connectivity index (χ0) is 64.2. The Morgan fingerprint density at radius 3 is 1.79 bits per heavy atom. The molecule has 3 rings (SSSR count). The van der Waals surface area contributed by atoms with Gasteiger partial charge in [-0.25, -0.2) is 4.98 Å². The molecule has 3 aromatic rings. The highest BCUT2D eigenvalue weighted by Gasteiger charge is 2.37. The monoisotopic (exact) mass is 1210 g/mol. The fourth-order valence-electron chi connectivity index (χ4n) is 8.77. The number of guanidine groups is 2. The second-order valence-corrected chi connectivity index (χ2v) is 20.8. The first-order valence-electron chi connectivity index (χ1n) is 28.2. The Bertz CT molecular complexity index is 2820. The van der Waals surface area contributed by atoms with Crippen molar-refractivity contribution in [1.82, 2.24) is 57.4 Å². The summed E-state index contributed by atoms with van der Waals surface area (Å²) in [6, 6.07) is 1.21. The molecule has 0 aliphatic carbocycles. The van der Waals surface area contributed by atoms with E-state index in [0.717, 1.165) is 29.5 Å². The van der Waals surface area contributed by atoms with Gasteiger partial charge in [-0.1, -0.05) is 69.7 Å². The highest BCUT2D eigenvalue weighted by Crippen LogP contribution is 2.21. The molecular formula is C55H86N18O13. The number of aromatic nitrogens is 2. The highest BCUT2D eigenvalue weighted by atomic mass is 16.4. The number of carbonyl (C=O) groups is 10. The molecule has 31 nitrogen and oxygen atoms in total. The second kappa shape index (κ2) is 36.0. The Hall–Kier alpha value is -8.97. The number of fused-ring (bicyclic) bond motifs is 1. The van der Waals surface area contributed by atoms with Gasteiger partial charge in [0.25, 0.3) is 0 Å². The van der Waals surface area contributed by atoms with Crippen molar-refractivity contribution in [2.75, 3.05) is 32.7 Å². The van der Waals surface area contributed by atoms with Gasteiger partial charge in [0.05, 0.1) is 31.1 Å². The second-order valence-electron chi connectivity index (χ2n) is 20.8. The molecule has 9 amide bonds. The maximum Gasteiger partial charge on any atom is 0.323 e. The van der Waals surface area contributed by atoms with Crippen LogP contribution in [0, 0.1) is 5.92 Å². The minimum Gasteiger partial charge on any atom is -0.480 e. The number of carboxylic acid groups (broad SMARTS) is 1. The van der Waals surface area contributed by atoms with Gasteiger partial charge >= 0.3 is 5.97 Å². The van der Waals surface area contributed by atoms with E-state index in [1.165, 1.54) is 19.4 Å². The first kappa shape index (κ1) is 71.3. The molecule has 0 fully saturated rings. The number of rotatable bonds is 37. The Labute approximate surface area is 498 Å². The topological polar surface area (TPSA) is 514 Å². The quantitative estimate of drug-likeness (QED) is 0.0147. The summed E-state index contributed by atoms with van der Waals surface area (Å²) in [7, 11) is 0. The predicted octanol–water partition coefficient (Wildman–Crippen LogP) is -4.56. The van der Waals surface area contributed by atoms with Crippen molar-refractivity contribution >= 4 is 81.8 Å². The van der Waals surface area contributed by atoms with Crippen LogP contribution in [0.2, 0.25) is 0 Å². The van der Waals surface area contributed by atoms with Crippen LogP contribution in [0.25, 0.3) is 10.8 Å². The Kier molecular flexibility index (Phi) is 29.8. The van der Waals surface area contributed by atoms with Crippen LogP contribution in [0.3, 0.4) is 0 Å². The van der Waals surface area contributed by atoms with Crippen molar-refractivity contribution in [3.63, 3.8) is 0 Å². The van der Waals surface area contributed by atoms with Crippen LogP contribution in [0.15, 0.2) is 65.0 Å². The highest BCUT2D eigenvalue weighted by molar-refractivity contribution is 5.99. The average Bonchev–Trinajstić information content (AvgIpc) is 2.57. The number of amides is 9. The van der Waals surface area contributed by atoms with Crippen molar-refractivity contribution in [2.24, 2.45) is 44.6 Å². The van der Waals surface area contributed by atoms with Gasteiger partial charge in [-0.15, -0.1) is 0 Å². The molecule has 22 N–H and O–H groups in total. The molecule has 11 atom stereocenters. The minimum atomic E-state index is -1.86. The summed E-state index contributed by atoms with van der Waals surface area (Å²) in [5.41, 5.74) is 28.7. The number of H-pyrrole nitrogens is 1. The third kappa shape index (κ3) is 24.0. The van der Waals surface area contributed by atoms with Crippen molar-refractivity contribution in [3.8, 4) is 0 Å². The summed E-state index contributed by atoms with van der Waals surface area (Å²) >= 11 is 0. The lowest BCUT2D eigenvalue weighted by atomic mass is 9.96. The first-order chi connectivity index (χ1) is 40.7. The Morgan fingerprint density at radius 1 is 0.640 bits per heavy atom. The molecule has 86 heavy (non-hydrogen) atoms. The van der Waals surface area contributed by atoms with Crippen LogP contribution >= 0.6 is 0 Å². The number of nitrogens with two attached hydrogens (primary N) is 5. The van der Waals surface area contributed by atoms with Crippen molar-refractivity contribution in [2.45, 2.75) is 153 Å². The fourth-order valence-corrected chi connectivity index (χ4v) is 8.77. The van der Waals surface area contributed by atoms with E-state index in [9.17, 15) is 63.3 Å². The predicted molar refractivity (Wildman–Crippen MR) is 317 cm³/mol. The van der Waals surface area contributed by atoms with E-state index in [0.29, 0.717) is 30.5 Å². The van der Waals surface area contributed by atoms with Crippen molar-refractivity contribution in [3.05, 3.63) is 66.2 Å². The Morgan fingerprint density at radius 2 is 1.20 bits per heavy atom. The molecule has 0 bridgehead atoms. The number of hydrogen-bond donors (Lipinski definition) is 17. The van der Waals surface area contributed by atoms with Crippen LogP contribution in [-0.2, 0) is 60.8 Å². The first-order valence-corrected chi connectivity index (χ1v) is 28.2. The van der Waals surface area contributed by atoms with Gasteiger partial charge < -0.3 is 96.4 Å². The number of aromatic amines is 1. The fraction of sp³-hybridized carbons (Fsp3) is 0.545. The lowest BCUT2D eigenvalue weighted by Crippen LogP contribution is -2.63. The summed E-state index contributed by atoms with van der Waals surface area (Å²) < 4.78 is 0. The van der Waals surface area contributed by atoms with E-state index in [2.05, 4.69) is 62.5 Å². The third-order valence-electron chi connectivity index (χ3n) is 13.7. The summed E-state index contributed by atoms with van der Waals surface area (Å²) in [5.74, 6) is -10.2. The number of benzene rings is 2. The number of hydrogen-bond acceptors (Lipinski definition) is 16. The van der Waals surface area contributed by atoms with Crippen molar-refractivity contribution in [1.29, 1.82) is 0 Å². The van der Waals surface area contributed by atoms with E-state index in [-0.39, 0.29) is 63.7 Å². The molecule has 0 saturated heterocycles. The van der Waals surface area contributed by atoms with Crippen LogP contribution in [-0.4, -0.2) is 195 Å². The van der Waals surface area contributed by atoms with E-state index < -0.39 is 139 Å². The lowest BCUT2D eigenvalue weighted by Gasteiger charge is -2.31. The van der Waals surface area contributed by atoms with E-state index in [4.69, 9.17) is 28.7 Å². The number of aliphatic hydroxyl groups excluding tert-OH is 2. The average molecular weight is 1210 g/mol. The molecule has 1 heterocycles. The number of carbonyl (C=O) groups excluding carboxylic acids is 9. The largest absolute Gasteiger partial charge is 0.480 e. The van der Waals surface area contributed by atoms with Crippen LogP contribution < -0.4 is 71.2 Å². The number of nitrogens with zero attached hydrogens (tertiary/aromatic N) is 4. The van der Waals surface area contributed by atoms with Gasteiger partial charge in [0.1, 0.15) is 48.8 Å². The summed E-state index contributed by atoms with van der Waals surface area (Å²) in [6.07, 6.45) is 0.358. The number of aliphatic hydroxyl groups is 2. The Balaban J connectivity index is 1.84. The molecule has 2 aromatic carbocycles. The molecule has 0 aliphatic rings. The molecular weight excluding hydrogens is 1120 g/mol. The SMILES string of the molecule is CCCN(CC(=O)O)C(=O)[C@@H](NC(=O)[C@H](CCCN=C(N)N)NC(=O)CNC(=O)[C@@H](NC(=O)[C@@H](NC(=O)[C@H](Cc1cnc[nH]1)NC(=O)[C@H](Cc1cccc2ccccc12)NC(=O)[C@H](C)NC(=O)[C@@H](N)CCCN=C(N)N)[C@@H](C)O)[C@@H](C)O)C(C)CC. The van der Waals surface area contributed by atoms with Crippen LogP contribution in [0.4, 0.5) is 0 Å². The number of carboxylic acids is 1. The van der Waals surface area contributed by atoms with Crippen LogP contribution in [0.1, 0.15) is 91.3 Å². The van der Waals surface area contributed by atoms with Gasteiger partial charge in [0.15, 0.2) is 11.9 Å². The summed E-state index contributed by atoms with van der Waals surface area (Å²) in [6.45, 7) is 7.78.